The summed E-state index contributed by atoms with van der Waals surface area (Å²) in [5.41, 5.74) is 3.83. The van der Waals surface area contributed by atoms with Gasteiger partial charge in [-0.05, 0) is 37.9 Å². The Hall–Kier alpha value is -1.32. The lowest BCUT2D eigenvalue weighted by molar-refractivity contribution is 0.481. The van der Waals surface area contributed by atoms with Gasteiger partial charge >= 0.3 is 0 Å². The largest absolute Gasteiger partial charge is 0.313 e. The molecule has 0 radical (unpaired) electrons. The highest BCUT2D eigenvalue weighted by atomic mass is 35.5. The van der Waals surface area contributed by atoms with Gasteiger partial charge in [-0.25, -0.2) is 0 Å². The smallest absolute Gasteiger partial charge is 0.0677 e. The molecule has 0 bridgehead atoms. The minimum absolute atomic E-state index is 0.448. The molecule has 1 aliphatic carbocycles. The van der Waals surface area contributed by atoms with Crippen molar-refractivity contribution in [1.82, 2.24) is 15.1 Å². The monoisotopic (exact) mass is 275 g/mol. The summed E-state index contributed by atoms with van der Waals surface area (Å²) in [6.07, 6.45) is 5.53. The van der Waals surface area contributed by atoms with E-state index < -0.39 is 0 Å². The average molecular weight is 276 g/mol. The fourth-order valence-electron chi connectivity index (χ4n) is 2.84. The maximum absolute atomic E-state index is 6.23. The zero-order valence-electron chi connectivity index (χ0n) is 11.1. The van der Waals surface area contributed by atoms with Crippen molar-refractivity contribution >= 4 is 11.6 Å². The molecule has 1 aliphatic rings. The van der Waals surface area contributed by atoms with E-state index in [1.165, 1.54) is 24.1 Å². The van der Waals surface area contributed by atoms with Crippen LogP contribution in [0.2, 0.25) is 5.02 Å². The second kappa shape index (κ2) is 5.35. The highest BCUT2D eigenvalue weighted by molar-refractivity contribution is 6.31. The molecule has 0 fully saturated rings. The van der Waals surface area contributed by atoms with Gasteiger partial charge < -0.3 is 5.32 Å². The van der Waals surface area contributed by atoms with E-state index in [4.69, 9.17) is 11.6 Å². The van der Waals surface area contributed by atoms with E-state index >= 15 is 0 Å². The first-order valence-electron chi connectivity index (χ1n) is 6.75. The molecule has 0 amide bonds. The number of aromatic nitrogens is 2. The molecular formula is C15H18ClN3. The zero-order valence-corrected chi connectivity index (χ0v) is 11.8. The molecule has 1 heterocycles. The van der Waals surface area contributed by atoms with Crippen LogP contribution >= 0.6 is 11.6 Å². The van der Waals surface area contributed by atoms with E-state index in [1.54, 1.807) is 0 Å². The SMILES string of the molecule is CNC1CCCc2c1cnn2Cc1ccccc1Cl. The molecule has 1 unspecified atom stereocenters. The lowest BCUT2D eigenvalue weighted by Gasteiger charge is -2.22. The van der Waals surface area contributed by atoms with Gasteiger partial charge in [-0.3, -0.25) is 4.68 Å². The first-order valence-corrected chi connectivity index (χ1v) is 7.12. The van der Waals surface area contributed by atoms with Crippen LogP contribution in [0.3, 0.4) is 0 Å². The Balaban J connectivity index is 1.91. The number of benzene rings is 1. The third-order valence-electron chi connectivity index (χ3n) is 3.89. The Kier molecular flexibility index (Phi) is 3.58. The number of fused-ring (bicyclic) bond motifs is 1. The lowest BCUT2D eigenvalue weighted by Crippen LogP contribution is -2.22. The average Bonchev–Trinajstić information content (AvgIpc) is 2.84. The van der Waals surface area contributed by atoms with Gasteiger partial charge in [0.2, 0.25) is 0 Å². The molecule has 3 rings (SSSR count). The minimum Gasteiger partial charge on any atom is -0.313 e. The molecule has 4 heteroatoms. The molecule has 0 saturated carbocycles. The molecule has 0 saturated heterocycles. The summed E-state index contributed by atoms with van der Waals surface area (Å²) in [6, 6.07) is 8.43. The van der Waals surface area contributed by atoms with Crippen LogP contribution in [-0.4, -0.2) is 16.8 Å². The Morgan fingerprint density at radius 1 is 1.42 bits per heavy atom. The molecular weight excluding hydrogens is 258 g/mol. The van der Waals surface area contributed by atoms with Crippen LogP contribution in [0.25, 0.3) is 0 Å². The summed E-state index contributed by atoms with van der Waals surface area (Å²) in [6.45, 7) is 0.755. The number of halogens is 1. The van der Waals surface area contributed by atoms with Crippen LogP contribution in [0, 0.1) is 0 Å². The van der Waals surface area contributed by atoms with Crippen molar-refractivity contribution in [2.75, 3.05) is 7.05 Å². The third kappa shape index (κ3) is 2.40. The van der Waals surface area contributed by atoms with Gasteiger partial charge in [-0.15, -0.1) is 0 Å². The van der Waals surface area contributed by atoms with Gasteiger partial charge in [0.1, 0.15) is 0 Å². The maximum atomic E-state index is 6.23. The molecule has 3 nitrogen and oxygen atoms in total. The van der Waals surface area contributed by atoms with Crippen molar-refractivity contribution in [2.24, 2.45) is 0 Å². The highest BCUT2D eigenvalue weighted by Crippen LogP contribution is 2.30. The first kappa shape index (κ1) is 12.7. The quantitative estimate of drug-likeness (QED) is 0.932. The molecule has 1 aromatic carbocycles. The first-order chi connectivity index (χ1) is 9.29. The molecule has 0 spiro atoms. The zero-order chi connectivity index (χ0) is 13.2. The van der Waals surface area contributed by atoms with Gasteiger partial charge in [-0.2, -0.15) is 5.10 Å². The molecule has 19 heavy (non-hydrogen) atoms. The fraction of sp³-hybridized carbons (Fsp3) is 0.400. The van der Waals surface area contributed by atoms with Crippen LogP contribution in [0.1, 0.15) is 35.7 Å². The summed E-state index contributed by atoms with van der Waals surface area (Å²) in [5.74, 6) is 0. The molecule has 0 aliphatic heterocycles. The predicted octanol–water partition coefficient (Wildman–Crippen LogP) is 3.18. The Morgan fingerprint density at radius 2 is 2.26 bits per heavy atom. The fourth-order valence-corrected chi connectivity index (χ4v) is 3.04. The minimum atomic E-state index is 0.448. The molecule has 2 aromatic rings. The van der Waals surface area contributed by atoms with Gasteiger partial charge in [0.25, 0.3) is 0 Å². The third-order valence-corrected chi connectivity index (χ3v) is 4.26. The summed E-state index contributed by atoms with van der Waals surface area (Å²) >= 11 is 6.23. The predicted molar refractivity (Wildman–Crippen MR) is 77.5 cm³/mol. The summed E-state index contributed by atoms with van der Waals surface area (Å²) < 4.78 is 2.10. The highest BCUT2D eigenvalue weighted by Gasteiger charge is 2.22. The van der Waals surface area contributed by atoms with Crippen LogP contribution in [-0.2, 0) is 13.0 Å². The summed E-state index contributed by atoms with van der Waals surface area (Å²) in [5, 5.41) is 8.73. The van der Waals surface area contributed by atoms with Crippen molar-refractivity contribution in [1.29, 1.82) is 0 Å². The second-order valence-corrected chi connectivity index (χ2v) is 5.44. The van der Waals surface area contributed by atoms with E-state index in [0.717, 1.165) is 23.6 Å². The standard InChI is InChI=1S/C15H18ClN3/c1-17-14-7-4-8-15-12(14)9-18-19(15)10-11-5-2-3-6-13(11)16/h2-3,5-6,9,14,17H,4,7-8,10H2,1H3. The van der Waals surface area contributed by atoms with Crippen molar-refractivity contribution in [3.05, 3.63) is 52.3 Å². The van der Waals surface area contributed by atoms with Crippen molar-refractivity contribution in [3.63, 3.8) is 0 Å². The van der Waals surface area contributed by atoms with E-state index in [0.29, 0.717) is 6.04 Å². The lowest BCUT2D eigenvalue weighted by atomic mass is 9.93. The Labute approximate surface area is 118 Å². The van der Waals surface area contributed by atoms with Gasteiger partial charge in [0, 0.05) is 22.3 Å². The van der Waals surface area contributed by atoms with Gasteiger partial charge in [-0.1, -0.05) is 29.8 Å². The van der Waals surface area contributed by atoms with Crippen molar-refractivity contribution in [3.8, 4) is 0 Å². The van der Waals surface area contributed by atoms with E-state index in [-0.39, 0.29) is 0 Å². The number of rotatable bonds is 3. The van der Waals surface area contributed by atoms with E-state index in [2.05, 4.69) is 21.2 Å². The molecule has 100 valence electrons. The van der Waals surface area contributed by atoms with Crippen LogP contribution in [0.15, 0.2) is 30.5 Å². The number of nitrogens with one attached hydrogen (secondary N) is 1. The van der Waals surface area contributed by atoms with Gasteiger partial charge in [0.15, 0.2) is 0 Å². The summed E-state index contributed by atoms with van der Waals surface area (Å²) in [4.78, 5) is 0. The number of hydrogen-bond donors (Lipinski definition) is 1. The summed E-state index contributed by atoms with van der Waals surface area (Å²) in [7, 11) is 2.02. The normalized spacial score (nSPS) is 18.3. The van der Waals surface area contributed by atoms with Crippen molar-refractivity contribution in [2.45, 2.75) is 31.8 Å². The van der Waals surface area contributed by atoms with E-state index in [1.807, 2.05) is 31.4 Å². The molecule has 1 N–H and O–H groups in total. The molecule has 1 aromatic heterocycles. The second-order valence-electron chi connectivity index (χ2n) is 5.03. The van der Waals surface area contributed by atoms with Gasteiger partial charge in [0.05, 0.1) is 12.7 Å². The Morgan fingerprint density at radius 3 is 3.05 bits per heavy atom. The van der Waals surface area contributed by atoms with Crippen LogP contribution in [0.4, 0.5) is 0 Å². The van der Waals surface area contributed by atoms with Crippen molar-refractivity contribution < 1.29 is 0 Å². The van der Waals surface area contributed by atoms with Crippen LogP contribution in [0.5, 0.6) is 0 Å². The Bertz CT molecular complexity index is 577. The maximum Gasteiger partial charge on any atom is 0.0677 e. The molecule has 1 atom stereocenters. The van der Waals surface area contributed by atoms with Crippen LogP contribution < -0.4 is 5.32 Å². The topological polar surface area (TPSA) is 29.9 Å². The van der Waals surface area contributed by atoms with E-state index in [9.17, 15) is 0 Å². The number of nitrogens with zero attached hydrogens (tertiary/aromatic N) is 2. The number of hydrogen-bond acceptors (Lipinski definition) is 2.